The number of carboxylic acid groups (broad SMARTS) is 1. The molecule has 1 aromatic rings. The molecule has 0 radical (unpaired) electrons. The van der Waals surface area contributed by atoms with E-state index in [1.807, 2.05) is 0 Å². The van der Waals surface area contributed by atoms with E-state index in [9.17, 15) is 24.0 Å². The molecular formula is C17H15BrN2O6S. The van der Waals surface area contributed by atoms with Gasteiger partial charge in [0.15, 0.2) is 12.6 Å². The summed E-state index contributed by atoms with van der Waals surface area (Å²) in [4.78, 5) is 38.9. The predicted octanol–water partition coefficient (Wildman–Crippen LogP) is 1.87. The number of carbonyl (C=O) groups is 3. The van der Waals surface area contributed by atoms with E-state index in [1.54, 1.807) is 30.3 Å². The van der Waals surface area contributed by atoms with Crippen LogP contribution in [0.1, 0.15) is 6.92 Å². The Bertz CT molecular complexity index is 925. The Kier molecular flexibility index (Phi) is 5.49. The summed E-state index contributed by atoms with van der Waals surface area (Å²) in [5, 5.41) is 11.9. The zero-order valence-electron chi connectivity index (χ0n) is 14.0. The minimum absolute atomic E-state index is 0.127. The van der Waals surface area contributed by atoms with Gasteiger partial charge in [0.1, 0.15) is 16.4 Å². The fraction of sp³-hybridized carbons (Fsp3) is 0.176. The summed E-state index contributed by atoms with van der Waals surface area (Å²) in [7, 11) is -1.53. The van der Waals surface area contributed by atoms with E-state index in [-0.39, 0.29) is 22.9 Å². The average Bonchev–Trinajstić information content (AvgIpc) is 2.65. The molecule has 3 rings (SSSR count). The second kappa shape index (κ2) is 7.67. The molecule has 2 heterocycles. The number of ether oxygens (including phenoxy) is 1. The number of carboxylic acids is 1. The number of β-lactam (4-membered cyclic amide) rings is 1. The van der Waals surface area contributed by atoms with Gasteiger partial charge in [-0.1, -0.05) is 34.1 Å². The first kappa shape index (κ1) is 19.3. The molecule has 0 bridgehead atoms. The molecule has 1 aromatic carbocycles. The minimum atomic E-state index is -1.53. The van der Waals surface area contributed by atoms with Gasteiger partial charge in [0.05, 0.1) is 0 Å². The fourth-order valence-electron chi connectivity index (χ4n) is 2.74. The first-order valence-electron chi connectivity index (χ1n) is 7.73. The summed E-state index contributed by atoms with van der Waals surface area (Å²) in [6.45, 7) is 1.19. The molecule has 0 aliphatic carbocycles. The lowest BCUT2D eigenvalue weighted by molar-refractivity contribution is -0.140. The van der Waals surface area contributed by atoms with E-state index in [1.165, 1.54) is 11.9 Å². The summed E-state index contributed by atoms with van der Waals surface area (Å²) in [5.41, 5.74) is 0.0454. The number of amides is 2. The van der Waals surface area contributed by atoms with Crippen molar-refractivity contribution in [3.8, 4) is 5.75 Å². The lowest BCUT2D eigenvalue weighted by atomic mass is 10.0. The van der Waals surface area contributed by atoms with Gasteiger partial charge in [0.2, 0.25) is 0 Å². The Hall–Kier alpha value is -2.43. The number of benzene rings is 1. The van der Waals surface area contributed by atoms with Gasteiger partial charge in [0, 0.05) is 4.91 Å². The van der Waals surface area contributed by atoms with Gasteiger partial charge in [-0.05, 0) is 40.4 Å². The zero-order chi connectivity index (χ0) is 19.7. The van der Waals surface area contributed by atoms with Crippen LogP contribution in [0.3, 0.4) is 0 Å². The summed E-state index contributed by atoms with van der Waals surface area (Å²) in [5.74, 6) is -1.97. The van der Waals surface area contributed by atoms with Gasteiger partial charge in [-0.15, -0.1) is 0 Å². The maximum Gasteiger partial charge on any atom is 0.353 e. The van der Waals surface area contributed by atoms with Crippen molar-refractivity contribution in [3.63, 3.8) is 0 Å². The van der Waals surface area contributed by atoms with Crippen molar-refractivity contribution >= 4 is 49.5 Å². The molecule has 2 atom stereocenters. The highest BCUT2D eigenvalue weighted by Crippen LogP contribution is 2.43. The van der Waals surface area contributed by atoms with Gasteiger partial charge < -0.3 is 19.7 Å². The Morgan fingerprint density at radius 2 is 2.04 bits per heavy atom. The molecule has 1 fully saturated rings. The largest absolute Gasteiger partial charge is 0.484 e. The molecule has 0 saturated carbocycles. The molecule has 3 N–H and O–H groups in total. The number of para-hydroxylation sites is 1. The van der Waals surface area contributed by atoms with E-state index < -0.39 is 34.6 Å². The Balaban J connectivity index is 1.77. The van der Waals surface area contributed by atoms with Crippen molar-refractivity contribution < 1.29 is 28.8 Å². The van der Waals surface area contributed by atoms with Crippen LogP contribution in [-0.4, -0.2) is 50.0 Å². The third-order valence-electron chi connectivity index (χ3n) is 4.01. The first-order valence-corrected chi connectivity index (χ1v) is 9.82. The van der Waals surface area contributed by atoms with E-state index in [0.717, 1.165) is 4.90 Å². The number of aliphatic carboxylic acids is 1. The molecule has 8 nitrogen and oxygen atoms in total. The second-order valence-corrected chi connectivity index (χ2v) is 7.54. The molecule has 27 heavy (non-hydrogen) atoms. The van der Waals surface area contributed by atoms with Crippen LogP contribution in [-0.2, 0) is 14.4 Å². The predicted molar refractivity (Wildman–Crippen MR) is 103 cm³/mol. The third kappa shape index (κ3) is 3.43. The van der Waals surface area contributed by atoms with Gasteiger partial charge in [-0.25, -0.2) is 4.79 Å². The highest BCUT2D eigenvalue weighted by Gasteiger charge is 2.52. The lowest BCUT2D eigenvalue weighted by Gasteiger charge is -2.45. The number of carbonyl (C=O) groups excluding carboxylic acids is 2. The van der Waals surface area contributed by atoms with E-state index >= 15 is 0 Å². The summed E-state index contributed by atoms with van der Waals surface area (Å²) in [6, 6.07) is 7.59. The first-order chi connectivity index (χ1) is 12.9. The molecule has 0 aromatic heterocycles. The number of hydrogen-bond acceptors (Lipinski definition) is 5. The van der Waals surface area contributed by atoms with E-state index in [2.05, 4.69) is 21.2 Å². The molecule has 2 unspecified atom stereocenters. The van der Waals surface area contributed by atoms with Gasteiger partial charge in [-0.3, -0.25) is 14.5 Å². The van der Waals surface area contributed by atoms with Crippen LogP contribution in [0.15, 0.2) is 51.5 Å². The normalized spacial score (nSPS) is 23.1. The fourth-order valence-corrected chi connectivity index (χ4v) is 5.05. The van der Waals surface area contributed by atoms with E-state index in [4.69, 9.17) is 4.74 Å². The molecule has 1 saturated heterocycles. The second-order valence-electron chi connectivity index (χ2n) is 5.65. The van der Waals surface area contributed by atoms with Gasteiger partial charge >= 0.3 is 5.97 Å². The lowest BCUT2D eigenvalue weighted by Crippen LogP contribution is -2.69. The molecule has 2 amide bonds. The van der Waals surface area contributed by atoms with Crippen LogP contribution in [0.2, 0.25) is 0 Å². The summed E-state index contributed by atoms with van der Waals surface area (Å²) >= 11 is 3.11. The Morgan fingerprint density at radius 3 is 2.63 bits per heavy atom. The Labute approximate surface area is 165 Å². The SMILES string of the molecule is CC1=C(C(=O)O)N2C(=O)C(NC(=O)COc3ccccc3)C2=S(O)C1=CBr. The maximum atomic E-state index is 12.4. The molecule has 10 heteroatoms. The molecule has 2 aliphatic heterocycles. The number of fused-ring (bicyclic) bond motifs is 1. The number of rotatable bonds is 5. The van der Waals surface area contributed by atoms with Crippen molar-refractivity contribution in [2.45, 2.75) is 13.0 Å². The van der Waals surface area contributed by atoms with Crippen molar-refractivity contribution in [1.29, 1.82) is 0 Å². The molecule has 2 aliphatic rings. The van der Waals surface area contributed by atoms with Crippen LogP contribution in [0.25, 0.3) is 0 Å². The smallest absolute Gasteiger partial charge is 0.353 e. The van der Waals surface area contributed by atoms with Crippen molar-refractivity contribution in [1.82, 2.24) is 10.2 Å². The summed E-state index contributed by atoms with van der Waals surface area (Å²) in [6.07, 6.45) is 0. The topological polar surface area (TPSA) is 116 Å². The Morgan fingerprint density at radius 1 is 1.37 bits per heavy atom. The van der Waals surface area contributed by atoms with Crippen molar-refractivity contribution in [2.24, 2.45) is 0 Å². The third-order valence-corrected chi connectivity index (χ3v) is 6.43. The highest BCUT2D eigenvalue weighted by molar-refractivity contribution is 9.11. The van der Waals surface area contributed by atoms with Crippen LogP contribution < -0.4 is 10.1 Å². The zero-order valence-corrected chi connectivity index (χ0v) is 16.4. The standard InChI is InChI=1S/C17H15BrN2O6S/c1-9-11(7-18)27(25)16-13(15(22)20(16)14(9)17(23)24)19-12(21)8-26-10-5-3-2-4-6-10/h2-7,13,25H,8H2,1H3,(H,19,21)(H,23,24). The quantitative estimate of drug-likeness (QED) is 0.461. The number of allylic oxidation sites excluding steroid dienone is 1. The van der Waals surface area contributed by atoms with Crippen LogP contribution in [0, 0.1) is 0 Å². The van der Waals surface area contributed by atoms with Gasteiger partial charge in [-0.2, -0.15) is 0 Å². The van der Waals surface area contributed by atoms with Crippen LogP contribution >= 0.6 is 26.7 Å². The maximum absolute atomic E-state index is 12.4. The molecule has 142 valence electrons. The number of hydrogen-bond donors (Lipinski definition) is 3. The van der Waals surface area contributed by atoms with E-state index in [0.29, 0.717) is 10.7 Å². The average molecular weight is 455 g/mol. The van der Waals surface area contributed by atoms with Crippen LogP contribution in [0.5, 0.6) is 5.75 Å². The number of halogens is 1. The van der Waals surface area contributed by atoms with Crippen molar-refractivity contribution in [3.05, 3.63) is 51.5 Å². The van der Waals surface area contributed by atoms with Crippen molar-refractivity contribution in [2.75, 3.05) is 6.61 Å². The number of nitrogens with zero attached hydrogens (tertiary/aromatic N) is 1. The highest BCUT2D eigenvalue weighted by atomic mass is 79.9. The van der Waals surface area contributed by atoms with Gasteiger partial charge in [0.25, 0.3) is 11.8 Å². The summed E-state index contributed by atoms with van der Waals surface area (Å²) < 4.78 is 15.9. The minimum Gasteiger partial charge on any atom is -0.484 e. The molecular weight excluding hydrogens is 440 g/mol. The number of nitrogens with one attached hydrogen (secondary N) is 1. The van der Waals surface area contributed by atoms with Crippen LogP contribution in [0.4, 0.5) is 0 Å². The molecule has 0 spiro atoms. The monoisotopic (exact) mass is 454 g/mol.